The molecule has 0 aliphatic carbocycles. The molecule has 0 radical (unpaired) electrons. The second kappa shape index (κ2) is 4.88. The van der Waals surface area contributed by atoms with Gasteiger partial charge >= 0.3 is 0 Å². The molecule has 0 aliphatic rings. The predicted octanol–water partition coefficient (Wildman–Crippen LogP) is 3.43. The van der Waals surface area contributed by atoms with Crippen LogP contribution in [0.5, 0.6) is 5.75 Å². The van der Waals surface area contributed by atoms with Crippen LogP contribution in [0.25, 0.3) is 0 Å². The largest absolute Gasteiger partial charge is 0.508 e. The number of para-hydroxylation sites is 1. The zero-order chi connectivity index (χ0) is 12.3. The molecular formula is C14H23NO. The molecule has 0 aromatic heterocycles. The monoisotopic (exact) mass is 221 g/mol. The van der Waals surface area contributed by atoms with Gasteiger partial charge in [-0.1, -0.05) is 39.0 Å². The molecule has 2 nitrogen and oxygen atoms in total. The molecule has 0 spiro atoms. The Bertz CT molecular complexity index is 341. The Kier molecular flexibility index (Phi) is 3.98. The lowest BCUT2D eigenvalue weighted by atomic mass is 9.94. The molecule has 1 N–H and O–H groups in total. The van der Waals surface area contributed by atoms with Crippen molar-refractivity contribution in [3.8, 4) is 5.75 Å². The first-order valence-electron chi connectivity index (χ1n) is 5.79. The normalized spacial score (nSPS) is 14.1. The van der Waals surface area contributed by atoms with Crippen molar-refractivity contribution in [1.82, 2.24) is 4.90 Å². The Labute approximate surface area is 98.9 Å². The highest BCUT2D eigenvalue weighted by atomic mass is 16.3. The van der Waals surface area contributed by atoms with Crippen LogP contribution in [0.15, 0.2) is 24.3 Å². The number of nitrogens with zero attached hydrogens (tertiary/aromatic N) is 1. The molecule has 90 valence electrons. The van der Waals surface area contributed by atoms with Gasteiger partial charge in [-0.3, -0.25) is 4.90 Å². The SMILES string of the molecule is CC(c1ccccc1O)N(C)CC(C)(C)C. The molecule has 1 rings (SSSR count). The van der Waals surface area contributed by atoms with Gasteiger partial charge < -0.3 is 5.11 Å². The third kappa shape index (κ3) is 3.53. The topological polar surface area (TPSA) is 23.5 Å². The van der Waals surface area contributed by atoms with Crippen LogP contribution >= 0.6 is 0 Å². The highest BCUT2D eigenvalue weighted by Gasteiger charge is 2.20. The first-order chi connectivity index (χ1) is 7.31. The molecule has 0 fully saturated rings. The molecular weight excluding hydrogens is 198 g/mol. The van der Waals surface area contributed by atoms with E-state index in [1.54, 1.807) is 6.07 Å². The average molecular weight is 221 g/mol. The fourth-order valence-electron chi connectivity index (χ4n) is 1.96. The molecule has 0 heterocycles. The summed E-state index contributed by atoms with van der Waals surface area (Å²) in [5.41, 5.74) is 1.27. The van der Waals surface area contributed by atoms with Gasteiger partial charge in [0.05, 0.1) is 0 Å². The predicted molar refractivity (Wildman–Crippen MR) is 68.6 cm³/mol. The van der Waals surface area contributed by atoms with Gasteiger partial charge in [0.15, 0.2) is 0 Å². The standard InChI is InChI=1S/C14H23NO/c1-11(15(5)10-14(2,3)4)12-8-6-7-9-13(12)16/h6-9,11,16H,10H2,1-5H3. The van der Waals surface area contributed by atoms with E-state index in [4.69, 9.17) is 0 Å². The molecule has 0 saturated heterocycles. The zero-order valence-corrected chi connectivity index (χ0v) is 11.0. The fraction of sp³-hybridized carbons (Fsp3) is 0.571. The van der Waals surface area contributed by atoms with Crippen molar-refractivity contribution >= 4 is 0 Å². The van der Waals surface area contributed by atoms with Crippen LogP contribution in [-0.2, 0) is 0 Å². The van der Waals surface area contributed by atoms with Gasteiger partial charge in [0, 0.05) is 18.2 Å². The Morgan fingerprint density at radius 3 is 2.31 bits per heavy atom. The number of hydrogen-bond acceptors (Lipinski definition) is 2. The second-order valence-corrected chi connectivity index (χ2v) is 5.71. The number of rotatable bonds is 3. The minimum Gasteiger partial charge on any atom is -0.508 e. The maximum Gasteiger partial charge on any atom is 0.120 e. The third-order valence-corrected chi connectivity index (χ3v) is 2.77. The minimum atomic E-state index is 0.237. The lowest BCUT2D eigenvalue weighted by molar-refractivity contribution is 0.180. The summed E-state index contributed by atoms with van der Waals surface area (Å²) in [4.78, 5) is 2.27. The molecule has 1 atom stereocenters. The van der Waals surface area contributed by atoms with Crippen molar-refractivity contribution in [2.75, 3.05) is 13.6 Å². The van der Waals surface area contributed by atoms with E-state index in [0.717, 1.165) is 12.1 Å². The van der Waals surface area contributed by atoms with E-state index < -0.39 is 0 Å². The summed E-state index contributed by atoms with van der Waals surface area (Å²) in [6.07, 6.45) is 0. The first-order valence-corrected chi connectivity index (χ1v) is 5.79. The van der Waals surface area contributed by atoms with E-state index in [-0.39, 0.29) is 11.5 Å². The molecule has 0 amide bonds. The van der Waals surface area contributed by atoms with Crippen LogP contribution < -0.4 is 0 Å². The van der Waals surface area contributed by atoms with Crippen molar-refractivity contribution in [1.29, 1.82) is 0 Å². The van der Waals surface area contributed by atoms with Gasteiger partial charge in [-0.05, 0) is 25.5 Å². The quantitative estimate of drug-likeness (QED) is 0.845. The summed E-state index contributed by atoms with van der Waals surface area (Å²) in [5, 5.41) is 9.80. The lowest BCUT2D eigenvalue weighted by Crippen LogP contribution is -2.31. The van der Waals surface area contributed by atoms with Gasteiger partial charge in [0.1, 0.15) is 5.75 Å². The molecule has 0 aliphatic heterocycles. The van der Waals surface area contributed by atoms with Crippen LogP contribution in [0.3, 0.4) is 0 Å². The van der Waals surface area contributed by atoms with Crippen molar-refractivity contribution in [2.24, 2.45) is 5.41 Å². The Balaban J connectivity index is 2.78. The van der Waals surface area contributed by atoms with Gasteiger partial charge in [0.25, 0.3) is 0 Å². The van der Waals surface area contributed by atoms with E-state index in [1.165, 1.54) is 0 Å². The van der Waals surface area contributed by atoms with Crippen molar-refractivity contribution < 1.29 is 5.11 Å². The van der Waals surface area contributed by atoms with Gasteiger partial charge in [-0.15, -0.1) is 0 Å². The highest BCUT2D eigenvalue weighted by Crippen LogP contribution is 2.29. The van der Waals surface area contributed by atoms with E-state index in [9.17, 15) is 5.11 Å². The smallest absolute Gasteiger partial charge is 0.120 e. The Morgan fingerprint density at radius 1 is 1.25 bits per heavy atom. The lowest BCUT2D eigenvalue weighted by Gasteiger charge is -2.31. The first kappa shape index (κ1) is 13.0. The van der Waals surface area contributed by atoms with Crippen LogP contribution in [0, 0.1) is 5.41 Å². The number of phenols is 1. The van der Waals surface area contributed by atoms with Gasteiger partial charge in [-0.2, -0.15) is 0 Å². The Morgan fingerprint density at radius 2 is 1.81 bits per heavy atom. The number of hydrogen-bond donors (Lipinski definition) is 1. The molecule has 1 aromatic rings. The zero-order valence-electron chi connectivity index (χ0n) is 11.0. The van der Waals surface area contributed by atoms with Crippen LogP contribution in [0.4, 0.5) is 0 Å². The summed E-state index contributed by atoms with van der Waals surface area (Å²) in [6.45, 7) is 9.80. The summed E-state index contributed by atoms with van der Waals surface area (Å²) in [6, 6.07) is 7.79. The van der Waals surface area contributed by atoms with Crippen molar-refractivity contribution in [3.05, 3.63) is 29.8 Å². The minimum absolute atomic E-state index is 0.237. The maximum absolute atomic E-state index is 9.80. The van der Waals surface area contributed by atoms with E-state index in [2.05, 4.69) is 39.6 Å². The molecule has 16 heavy (non-hydrogen) atoms. The number of phenolic OH excluding ortho intramolecular Hbond substituents is 1. The van der Waals surface area contributed by atoms with E-state index in [0.29, 0.717) is 5.75 Å². The summed E-state index contributed by atoms with van der Waals surface area (Å²) >= 11 is 0. The summed E-state index contributed by atoms with van der Waals surface area (Å²) in [7, 11) is 2.10. The fourth-order valence-corrected chi connectivity index (χ4v) is 1.96. The van der Waals surface area contributed by atoms with E-state index >= 15 is 0 Å². The average Bonchev–Trinajstić information content (AvgIpc) is 2.15. The van der Waals surface area contributed by atoms with Crippen LogP contribution in [0.2, 0.25) is 0 Å². The second-order valence-electron chi connectivity index (χ2n) is 5.71. The Hall–Kier alpha value is -1.02. The van der Waals surface area contributed by atoms with E-state index in [1.807, 2.05) is 18.2 Å². The van der Waals surface area contributed by atoms with Crippen molar-refractivity contribution in [2.45, 2.75) is 33.7 Å². The molecule has 2 heteroatoms. The van der Waals surface area contributed by atoms with Gasteiger partial charge in [-0.25, -0.2) is 0 Å². The maximum atomic E-state index is 9.80. The molecule has 0 saturated carbocycles. The van der Waals surface area contributed by atoms with Crippen LogP contribution in [-0.4, -0.2) is 23.6 Å². The molecule has 1 aromatic carbocycles. The summed E-state index contributed by atoms with van der Waals surface area (Å²) in [5.74, 6) is 0.385. The van der Waals surface area contributed by atoms with Crippen LogP contribution in [0.1, 0.15) is 39.3 Å². The summed E-state index contributed by atoms with van der Waals surface area (Å²) < 4.78 is 0. The third-order valence-electron chi connectivity index (χ3n) is 2.77. The van der Waals surface area contributed by atoms with Crippen molar-refractivity contribution in [3.63, 3.8) is 0 Å². The number of aromatic hydroxyl groups is 1. The highest BCUT2D eigenvalue weighted by molar-refractivity contribution is 5.34. The van der Waals surface area contributed by atoms with Gasteiger partial charge in [0.2, 0.25) is 0 Å². The molecule has 0 bridgehead atoms. The number of benzene rings is 1. The molecule has 1 unspecified atom stereocenters.